The maximum absolute atomic E-state index is 12.8. The smallest absolute Gasteiger partial charge is 0.435 e. The van der Waals surface area contributed by atoms with E-state index in [1.54, 1.807) is 58.2 Å². The van der Waals surface area contributed by atoms with Crippen LogP contribution < -0.4 is 15.2 Å². The Morgan fingerprint density at radius 1 is 1.14 bits per heavy atom. The molecular formula is C18H26N4O5S. The van der Waals surface area contributed by atoms with Gasteiger partial charge in [0.15, 0.2) is 5.82 Å². The highest BCUT2D eigenvalue weighted by Crippen LogP contribution is 2.27. The molecule has 0 saturated heterocycles. The van der Waals surface area contributed by atoms with Gasteiger partial charge in [0, 0.05) is 12.3 Å². The van der Waals surface area contributed by atoms with Crippen LogP contribution in [0.3, 0.4) is 0 Å². The van der Waals surface area contributed by atoms with Crippen LogP contribution in [0.5, 0.6) is 5.75 Å². The van der Waals surface area contributed by atoms with Gasteiger partial charge in [-0.15, -0.1) is 12.6 Å². The number of amides is 2. The minimum Gasteiger partial charge on any atom is -0.495 e. The van der Waals surface area contributed by atoms with Gasteiger partial charge in [0.2, 0.25) is 0 Å². The number of rotatable bonds is 2. The molecule has 0 bridgehead atoms. The topological polar surface area (TPSA) is 94.4 Å². The second-order valence-corrected chi connectivity index (χ2v) is 8.48. The number of hydrazine groups is 1. The summed E-state index contributed by atoms with van der Waals surface area (Å²) in [6.45, 7) is 10.3. The van der Waals surface area contributed by atoms with Crippen molar-refractivity contribution < 1.29 is 23.8 Å². The van der Waals surface area contributed by atoms with Gasteiger partial charge in [-0.1, -0.05) is 0 Å². The van der Waals surface area contributed by atoms with Crippen molar-refractivity contribution in [2.24, 2.45) is 0 Å². The summed E-state index contributed by atoms with van der Waals surface area (Å²) in [4.78, 5) is 29.8. The Balaban J connectivity index is 2.46. The van der Waals surface area contributed by atoms with E-state index in [4.69, 9.17) is 14.2 Å². The van der Waals surface area contributed by atoms with Crippen molar-refractivity contribution in [1.82, 2.24) is 14.8 Å². The minimum atomic E-state index is -0.812. The maximum Gasteiger partial charge on any atom is 0.435 e. The largest absolute Gasteiger partial charge is 0.495 e. The number of fused-ring (bicyclic) bond motifs is 1. The van der Waals surface area contributed by atoms with Crippen molar-refractivity contribution in [2.75, 3.05) is 12.1 Å². The SMILES string of the molecule is COc1cc2ncc(N(NC(=O)OC(C)(C)C)C(=O)OC(C)(C)C)n2cc1S. The minimum absolute atomic E-state index is 0.244. The van der Waals surface area contributed by atoms with Crippen molar-refractivity contribution in [1.29, 1.82) is 0 Å². The Morgan fingerprint density at radius 3 is 2.29 bits per heavy atom. The number of aromatic nitrogens is 2. The molecule has 0 unspecified atom stereocenters. The predicted molar refractivity (Wildman–Crippen MR) is 107 cm³/mol. The molecule has 2 aromatic heterocycles. The molecule has 1 N–H and O–H groups in total. The van der Waals surface area contributed by atoms with Crippen LogP contribution in [0.1, 0.15) is 41.5 Å². The number of nitrogens with zero attached hydrogens (tertiary/aromatic N) is 3. The van der Waals surface area contributed by atoms with Crippen molar-refractivity contribution in [2.45, 2.75) is 57.6 Å². The molecule has 0 aliphatic heterocycles. The van der Waals surface area contributed by atoms with Crippen molar-refractivity contribution in [3.05, 3.63) is 18.5 Å². The Kier molecular flexibility index (Phi) is 6.03. The van der Waals surface area contributed by atoms with E-state index in [1.807, 2.05) is 0 Å². The standard InChI is InChI=1S/C18H26N4O5S/c1-17(2,3)26-15(23)20-22(16(24)27-18(4,5)6)14-9-19-13-8-11(25-7)12(28)10-21(13)14/h8-10,28H,1-7H3,(H,20,23). The van der Waals surface area contributed by atoms with Crippen LogP contribution in [0.25, 0.3) is 5.65 Å². The number of ether oxygens (including phenoxy) is 3. The van der Waals surface area contributed by atoms with E-state index >= 15 is 0 Å². The van der Waals surface area contributed by atoms with Crippen molar-refractivity contribution in [3.8, 4) is 5.75 Å². The Morgan fingerprint density at radius 2 is 1.75 bits per heavy atom. The third kappa shape index (κ3) is 5.44. The summed E-state index contributed by atoms with van der Waals surface area (Å²) in [7, 11) is 1.52. The van der Waals surface area contributed by atoms with Crippen LogP contribution in [0.15, 0.2) is 23.4 Å². The molecule has 2 amide bonds. The number of pyridine rings is 1. The van der Waals surface area contributed by atoms with E-state index in [0.29, 0.717) is 16.3 Å². The highest BCUT2D eigenvalue weighted by molar-refractivity contribution is 7.80. The molecule has 10 heteroatoms. The Labute approximate surface area is 169 Å². The molecular weight excluding hydrogens is 384 g/mol. The van der Waals surface area contributed by atoms with E-state index in [1.165, 1.54) is 13.3 Å². The van der Waals surface area contributed by atoms with E-state index < -0.39 is 23.4 Å². The van der Waals surface area contributed by atoms with Gasteiger partial charge in [-0.2, -0.15) is 5.01 Å². The lowest BCUT2D eigenvalue weighted by Crippen LogP contribution is -2.50. The fraction of sp³-hybridized carbons (Fsp3) is 0.500. The molecule has 0 aliphatic rings. The molecule has 2 rings (SSSR count). The highest BCUT2D eigenvalue weighted by atomic mass is 32.1. The molecule has 28 heavy (non-hydrogen) atoms. The average Bonchev–Trinajstić information content (AvgIpc) is 2.90. The molecule has 0 aliphatic carbocycles. The van der Waals surface area contributed by atoms with Crippen LogP contribution in [0.2, 0.25) is 0 Å². The first-order valence-corrected chi connectivity index (χ1v) is 9.02. The molecule has 0 spiro atoms. The first-order chi connectivity index (χ1) is 12.8. The first-order valence-electron chi connectivity index (χ1n) is 8.57. The summed E-state index contributed by atoms with van der Waals surface area (Å²) in [5.41, 5.74) is 1.39. The third-order valence-corrected chi connectivity index (χ3v) is 3.53. The number of thiol groups is 1. The lowest BCUT2D eigenvalue weighted by Gasteiger charge is -2.28. The zero-order valence-corrected chi connectivity index (χ0v) is 18.0. The molecule has 154 valence electrons. The summed E-state index contributed by atoms with van der Waals surface area (Å²) in [5, 5.41) is 0.943. The van der Waals surface area contributed by atoms with E-state index in [9.17, 15) is 9.59 Å². The van der Waals surface area contributed by atoms with Crippen LogP contribution in [0.4, 0.5) is 15.4 Å². The molecule has 0 saturated carbocycles. The lowest BCUT2D eigenvalue weighted by atomic mass is 10.2. The monoisotopic (exact) mass is 410 g/mol. The van der Waals surface area contributed by atoms with Gasteiger partial charge in [-0.25, -0.2) is 20.0 Å². The third-order valence-electron chi connectivity index (χ3n) is 3.20. The van der Waals surface area contributed by atoms with Crippen molar-refractivity contribution in [3.63, 3.8) is 0 Å². The van der Waals surface area contributed by atoms with E-state index in [-0.39, 0.29) is 5.82 Å². The van der Waals surface area contributed by atoms with Gasteiger partial charge in [0.25, 0.3) is 0 Å². The normalized spacial score (nSPS) is 11.9. The molecule has 9 nitrogen and oxygen atoms in total. The quantitative estimate of drug-likeness (QED) is 0.577. The fourth-order valence-electron chi connectivity index (χ4n) is 2.21. The van der Waals surface area contributed by atoms with Gasteiger partial charge in [-0.3, -0.25) is 4.40 Å². The molecule has 0 fully saturated rings. The molecule has 0 radical (unpaired) electrons. The van der Waals surface area contributed by atoms with Crippen molar-refractivity contribution >= 4 is 36.3 Å². The van der Waals surface area contributed by atoms with E-state index in [0.717, 1.165) is 5.01 Å². The fourth-order valence-corrected chi connectivity index (χ4v) is 2.48. The summed E-state index contributed by atoms with van der Waals surface area (Å²) < 4.78 is 17.5. The number of imidazole rings is 1. The number of carbonyl (C=O) groups excluding carboxylic acids is 2. The predicted octanol–water partition coefficient (Wildman–Crippen LogP) is 3.81. The van der Waals surface area contributed by atoms with Crippen LogP contribution >= 0.6 is 12.6 Å². The molecule has 0 atom stereocenters. The summed E-state index contributed by atoms with van der Waals surface area (Å²) in [5.74, 6) is 0.768. The maximum atomic E-state index is 12.8. The molecule has 2 heterocycles. The van der Waals surface area contributed by atoms with Gasteiger partial charge in [-0.05, 0) is 41.5 Å². The number of hydrogen-bond acceptors (Lipinski definition) is 7. The van der Waals surface area contributed by atoms with Gasteiger partial charge in [0.1, 0.15) is 22.6 Å². The zero-order chi connectivity index (χ0) is 21.3. The number of hydrogen-bond donors (Lipinski definition) is 2. The van der Waals surface area contributed by atoms with Gasteiger partial charge in [0.05, 0.1) is 18.2 Å². The summed E-state index contributed by atoms with van der Waals surface area (Å²) >= 11 is 4.37. The summed E-state index contributed by atoms with van der Waals surface area (Å²) in [6, 6.07) is 1.66. The number of anilines is 1. The van der Waals surface area contributed by atoms with Gasteiger partial charge < -0.3 is 14.2 Å². The van der Waals surface area contributed by atoms with Crippen LogP contribution in [0, 0.1) is 0 Å². The highest BCUT2D eigenvalue weighted by Gasteiger charge is 2.29. The average molecular weight is 410 g/mol. The molecule has 0 aromatic carbocycles. The Hall–Kier alpha value is -2.62. The molecule has 2 aromatic rings. The lowest BCUT2D eigenvalue weighted by molar-refractivity contribution is 0.0423. The second-order valence-electron chi connectivity index (χ2n) is 8.00. The number of carbonyl (C=O) groups is 2. The second kappa shape index (κ2) is 7.78. The van der Waals surface area contributed by atoms with E-state index in [2.05, 4.69) is 23.0 Å². The van der Waals surface area contributed by atoms with Gasteiger partial charge >= 0.3 is 12.2 Å². The Bertz CT molecular complexity index is 882. The van der Waals surface area contributed by atoms with Crippen LogP contribution in [-0.4, -0.2) is 39.9 Å². The first kappa shape index (κ1) is 21.7. The number of nitrogens with one attached hydrogen (secondary N) is 1. The zero-order valence-electron chi connectivity index (χ0n) is 17.1. The summed E-state index contributed by atoms with van der Waals surface area (Å²) in [6.07, 6.45) is 1.43. The number of methoxy groups -OCH3 is 1. The van der Waals surface area contributed by atoms with Crippen LogP contribution in [-0.2, 0) is 9.47 Å².